The molecule has 0 aromatic heterocycles. The van der Waals surface area contributed by atoms with Gasteiger partial charge in [-0.2, -0.15) is 0 Å². The molecule has 72 valence electrons. The van der Waals surface area contributed by atoms with E-state index in [-0.39, 0.29) is 11.8 Å². The fourth-order valence-corrected chi connectivity index (χ4v) is 5.26. The van der Waals surface area contributed by atoms with Crippen molar-refractivity contribution >= 4 is 9.04 Å². The Bertz CT molecular complexity index is 340. The molecule has 0 saturated carbocycles. The van der Waals surface area contributed by atoms with Crippen molar-refractivity contribution in [3.8, 4) is 0 Å². The summed E-state index contributed by atoms with van der Waals surface area (Å²) in [6.07, 6.45) is 0. The molecule has 0 amide bonds. The van der Waals surface area contributed by atoms with Crippen LogP contribution in [0.2, 0.25) is 0 Å². The first-order chi connectivity index (χ1) is 6.50. The number of halogens is 1. The molecule has 0 aliphatic heterocycles. The summed E-state index contributed by atoms with van der Waals surface area (Å²) in [4.78, 5) is 10.7. The van der Waals surface area contributed by atoms with Gasteiger partial charge < -0.3 is 0 Å². The molecule has 0 aliphatic rings. The predicted octanol–water partition coefficient (Wildman–Crippen LogP) is 1.63. The number of hydrogen-bond acceptors (Lipinski definition) is 2. The third-order valence-electron chi connectivity index (χ3n) is 2.08. The van der Waals surface area contributed by atoms with Crippen molar-refractivity contribution in [1.82, 2.24) is 0 Å². The monoisotopic (exact) mass is 384 g/mol. The third-order valence-corrected chi connectivity index (χ3v) is 9.68. The number of hydrogen-bond donors (Lipinski definition) is 0. The fourth-order valence-electron chi connectivity index (χ4n) is 1.34. The normalized spacial score (nSPS) is 9.43. The van der Waals surface area contributed by atoms with Gasteiger partial charge in [0.15, 0.2) is 0 Å². The van der Waals surface area contributed by atoms with Gasteiger partial charge in [-0.25, -0.2) is 0 Å². The second-order valence-electron chi connectivity index (χ2n) is 3.30. The van der Waals surface area contributed by atoms with Crippen molar-refractivity contribution in [2.75, 3.05) is 0 Å². The molecule has 0 N–H and O–H groups in total. The number of benzene rings is 1. The maximum atomic E-state index is 12.9. The van der Waals surface area contributed by atoms with Gasteiger partial charge in [0.05, 0.1) is 0 Å². The molecule has 0 aliphatic carbocycles. The van der Waals surface area contributed by atoms with Crippen LogP contribution in [-0.2, 0) is 32.5 Å². The molecule has 0 saturated heterocycles. The van der Waals surface area contributed by atoms with Crippen molar-refractivity contribution in [2.45, 2.75) is 20.8 Å². The first-order valence-electron chi connectivity index (χ1n) is 4.39. The van der Waals surface area contributed by atoms with Crippen LogP contribution in [0.15, 0.2) is 12.1 Å². The van der Waals surface area contributed by atoms with E-state index in [0.29, 0.717) is 0 Å². The topological polar surface area (TPSA) is 26.3 Å². The minimum absolute atomic E-state index is 0.222. The van der Waals surface area contributed by atoms with Gasteiger partial charge in [0.1, 0.15) is 0 Å². The predicted molar refractivity (Wildman–Crippen MR) is 47.3 cm³/mol. The van der Waals surface area contributed by atoms with Crippen molar-refractivity contribution in [2.24, 2.45) is 0 Å². The Balaban J connectivity index is 2.91. The summed E-state index contributed by atoms with van der Waals surface area (Å²) < 4.78 is 19.1. The molecule has 0 fully saturated rings. The third kappa shape index (κ3) is 3.05. The van der Waals surface area contributed by atoms with E-state index in [1.165, 1.54) is 19.1 Å². The summed E-state index contributed by atoms with van der Waals surface area (Å²) in [6.45, 7) is 5.12. The summed E-state index contributed by atoms with van der Waals surface area (Å²) >= 11 is -1.81. The summed E-state index contributed by atoms with van der Waals surface area (Å²) in [7, 11) is 0. The van der Waals surface area contributed by atoms with Gasteiger partial charge in [0.2, 0.25) is 0 Å². The molecule has 0 radical (unpaired) electrons. The van der Waals surface area contributed by atoms with Gasteiger partial charge in [0, 0.05) is 0 Å². The van der Waals surface area contributed by atoms with E-state index in [1.807, 2.05) is 13.8 Å². The minimum atomic E-state index is -1.81. The average Bonchev–Trinajstić information content (AvgIpc) is 2.01. The Morgan fingerprint density at radius 3 is 2.29 bits per heavy atom. The van der Waals surface area contributed by atoms with Crippen LogP contribution in [0, 0.1) is 19.7 Å². The molecule has 2 nitrogen and oxygen atoms in total. The first kappa shape index (κ1) is 11.6. The summed E-state index contributed by atoms with van der Waals surface area (Å²) in [6, 6.07) is 2.98. The van der Waals surface area contributed by atoms with Crippen molar-refractivity contribution in [3.63, 3.8) is 0 Å². The Hall–Kier alpha value is -0.445. The SMILES string of the molecule is CC(=O)[O][Hg][c]1c(C)cc(F)cc1C. The molecule has 0 spiro atoms. The molecule has 0 bridgehead atoms. The molecule has 0 unspecified atom stereocenters. The standard InChI is InChI=1S/C8H8F.C2H4O2.Hg/c1-6-3-7(2)5-8(9)4-6;1-2(3)4;/h4-5H,1-2H3;1H3,(H,3,4);/q;;+1/p-1. The van der Waals surface area contributed by atoms with Crippen LogP contribution >= 0.6 is 0 Å². The van der Waals surface area contributed by atoms with Gasteiger partial charge in [-0.3, -0.25) is 0 Å². The van der Waals surface area contributed by atoms with Crippen molar-refractivity contribution in [3.05, 3.63) is 29.1 Å². The zero-order valence-electron chi connectivity index (χ0n) is 8.56. The van der Waals surface area contributed by atoms with E-state index >= 15 is 0 Å². The number of rotatable bonds is 2. The molecular formula is C10H11FHgO2. The summed E-state index contributed by atoms with van der Waals surface area (Å²) in [5.74, 6) is -0.449. The Kier molecular flexibility index (Phi) is 4.04. The Labute approximate surface area is 95.6 Å². The molecule has 0 atom stereocenters. The number of carbonyl (C=O) groups excluding carboxylic acids is 1. The van der Waals surface area contributed by atoms with Gasteiger partial charge in [0.25, 0.3) is 0 Å². The summed E-state index contributed by atoms with van der Waals surface area (Å²) in [5, 5.41) is 0. The van der Waals surface area contributed by atoms with Gasteiger partial charge in [-0.05, 0) is 0 Å². The molecule has 4 heteroatoms. The number of carbonyl (C=O) groups is 1. The van der Waals surface area contributed by atoms with Crippen LogP contribution in [0.4, 0.5) is 4.39 Å². The molecule has 14 heavy (non-hydrogen) atoms. The van der Waals surface area contributed by atoms with Crippen LogP contribution in [0.25, 0.3) is 0 Å². The molecule has 1 rings (SSSR count). The van der Waals surface area contributed by atoms with E-state index < -0.39 is 25.0 Å². The second kappa shape index (κ2) is 4.87. The van der Waals surface area contributed by atoms with Crippen LogP contribution in [0.1, 0.15) is 18.1 Å². The second-order valence-corrected chi connectivity index (χ2v) is 8.29. The zero-order valence-corrected chi connectivity index (χ0v) is 14.1. The molecule has 1 aromatic rings. The van der Waals surface area contributed by atoms with Gasteiger partial charge in [-0.1, -0.05) is 0 Å². The molecular weight excluding hydrogens is 372 g/mol. The van der Waals surface area contributed by atoms with Crippen LogP contribution in [-0.4, -0.2) is 5.97 Å². The fraction of sp³-hybridized carbons (Fsp3) is 0.300. The average molecular weight is 383 g/mol. The summed E-state index contributed by atoms with van der Waals surface area (Å²) in [5.41, 5.74) is 1.82. The van der Waals surface area contributed by atoms with Crippen LogP contribution < -0.4 is 3.07 Å². The Morgan fingerprint density at radius 1 is 1.36 bits per heavy atom. The maximum absolute atomic E-state index is 12.9. The van der Waals surface area contributed by atoms with E-state index in [9.17, 15) is 9.18 Å². The zero-order chi connectivity index (χ0) is 10.7. The number of aryl methyl sites for hydroxylation is 2. The van der Waals surface area contributed by atoms with E-state index in [1.54, 1.807) is 0 Å². The van der Waals surface area contributed by atoms with E-state index in [4.69, 9.17) is 2.64 Å². The van der Waals surface area contributed by atoms with E-state index in [2.05, 4.69) is 0 Å². The van der Waals surface area contributed by atoms with Crippen LogP contribution in [0.3, 0.4) is 0 Å². The molecule has 1 aromatic carbocycles. The van der Waals surface area contributed by atoms with Crippen molar-refractivity contribution < 1.29 is 36.9 Å². The first-order valence-corrected chi connectivity index (χ1v) is 9.39. The van der Waals surface area contributed by atoms with Gasteiger partial charge >= 0.3 is 95.7 Å². The van der Waals surface area contributed by atoms with Crippen LogP contribution in [0.5, 0.6) is 0 Å². The molecule has 0 heterocycles. The Morgan fingerprint density at radius 2 is 1.86 bits per heavy atom. The quantitative estimate of drug-likeness (QED) is 0.727. The van der Waals surface area contributed by atoms with Gasteiger partial charge in [-0.15, -0.1) is 0 Å². The van der Waals surface area contributed by atoms with Crippen molar-refractivity contribution in [1.29, 1.82) is 0 Å². The van der Waals surface area contributed by atoms with E-state index in [0.717, 1.165) is 14.2 Å².